The average molecular weight is 321 g/mol. The molecule has 1 aliphatic heterocycles. The third-order valence-corrected chi connectivity index (χ3v) is 5.24. The van der Waals surface area contributed by atoms with Crippen molar-refractivity contribution in [3.63, 3.8) is 0 Å². The van der Waals surface area contributed by atoms with Crippen molar-refractivity contribution in [3.05, 3.63) is 53.3 Å². The van der Waals surface area contributed by atoms with Gasteiger partial charge in [-0.3, -0.25) is 4.79 Å². The van der Waals surface area contributed by atoms with Crippen LogP contribution in [0, 0.1) is 5.92 Å². The van der Waals surface area contributed by atoms with Gasteiger partial charge in [0.05, 0.1) is 11.3 Å². The Labute approximate surface area is 142 Å². The smallest absolute Gasteiger partial charge is 0.225 e. The number of Topliss-reactive ketones (excluding diaryl/α,β-unsaturated/α-hetero) is 1. The molecule has 0 N–H and O–H groups in total. The first-order chi connectivity index (χ1) is 11.8. The number of hydrogen-bond donors (Lipinski definition) is 0. The Morgan fingerprint density at radius 1 is 1.08 bits per heavy atom. The van der Waals surface area contributed by atoms with Gasteiger partial charge in [-0.15, -0.1) is 0 Å². The lowest BCUT2D eigenvalue weighted by atomic mass is 9.90. The van der Waals surface area contributed by atoms with Crippen LogP contribution in [0.3, 0.4) is 0 Å². The van der Waals surface area contributed by atoms with E-state index in [-0.39, 0.29) is 5.78 Å². The fourth-order valence-corrected chi connectivity index (χ4v) is 3.82. The van der Waals surface area contributed by atoms with Crippen LogP contribution in [-0.2, 0) is 12.8 Å². The summed E-state index contributed by atoms with van der Waals surface area (Å²) in [6, 6.07) is 10.7. The summed E-state index contributed by atoms with van der Waals surface area (Å²) < 4.78 is 0. The molecule has 4 heteroatoms. The monoisotopic (exact) mass is 321 g/mol. The van der Waals surface area contributed by atoms with Crippen molar-refractivity contribution in [2.75, 3.05) is 18.0 Å². The Morgan fingerprint density at radius 2 is 1.88 bits per heavy atom. The van der Waals surface area contributed by atoms with E-state index in [4.69, 9.17) is 4.98 Å². The molecule has 4 nitrogen and oxygen atoms in total. The summed E-state index contributed by atoms with van der Waals surface area (Å²) >= 11 is 0. The first-order valence-electron chi connectivity index (χ1n) is 8.97. The predicted molar refractivity (Wildman–Crippen MR) is 94.4 cm³/mol. The molecule has 24 heavy (non-hydrogen) atoms. The second-order valence-corrected chi connectivity index (χ2v) is 6.93. The number of benzene rings is 1. The maximum absolute atomic E-state index is 11.9. The topological polar surface area (TPSA) is 46.1 Å². The highest BCUT2D eigenvalue weighted by Crippen LogP contribution is 2.26. The molecule has 2 heterocycles. The Kier molecular flexibility index (Phi) is 4.28. The number of carbonyl (C=O) groups is 1. The molecule has 0 saturated carbocycles. The second kappa shape index (κ2) is 6.71. The van der Waals surface area contributed by atoms with E-state index in [2.05, 4.69) is 40.2 Å². The number of fused-ring (bicyclic) bond motifs is 1. The molecule has 2 aliphatic rings. The number of anilines is 1. The van der Waals surface area contributed by atoms with Gasteiger partial charge in [0.15, 0.2) is 5.78 Å². The molecule has 0 spiro atoms. The van der Waals surface area contributed by atoms with Gasteiger partial charge in [-0.2, -0.15) is 0 Å². The molecule has 1 aromatic heterocycles. The number of carbonyl (C=O) groups excluding carboxylic acids is 1. The van der Waals surface area contributed by atoms with Crippen LogP contribution in [-0.4, -0.2) is 28.8 Å². The SMILES string of the molecule is O=C1CCCc2nc(N3CCC(Cc4ccccc4)CC3)ncc21. The van der Waals surface area contributed by atoms with Gasteiger partial charge in [-0.1, -0.05) is 30.3 Å². The lowest BCUT2D eigenvalue weighted by molar-refractivity contribution is 0.0971. The summed E-state index contributed by atoms with van der Waals surface area (Å²) in [6.45, 7) is 2.01. The van der Waals surface area contributed by atoms with Crippen molar-refractivity contribution >= 4 is 11.7 Å². The van der Waals surface area contributed by atoms with Crippen LogP contribution in [0.1, 0.15) is 47.3 Å². The zero-order valence-electron chi connectivity index (χ0n) is 13.9. The van der Waals surface area contributed by atoms with Crippen LogP contribution in [0.15, 0.2) is 36.5 Å². The lowest BCUT2D eigenvalue weighted by Gasteiger charge is -2.32. The van der Waals surface area contributed by atoms with Crippen LogP contribution in [0.5, 0.6) is 0 Å². The maximum atomic E-state index is 11.9. The van der Waals surface area contributed by atoms with E-state index in [9.17, 15) is 4.79 Å². The van der Waals surface area contributed by atoms with E-state index < -0.39 is 0 Å². The van der Waals surface area contributed by atoms with E-state index in [1.807, 2.05) is 0 Å². The third-order valence-electron chi connectivity index (χ3n) is 5.24. The zero-order chi connectivity index (χ0) is 16.4. The molecule has 4 rings (SSSR count). The van der Waals surface area contributed by atoms with Crippen molar-refractivity contribution in [3.8, 4) is 0 Å². The van der Waals surface area contributed by atoms with Gasteiger partial charge >= 0.3 is 0 Å². The molecule has 1 aliphatic carbocycles. The Bertz CT molecular complexity index is 721. The molecule has 2 aromatic rings. The third kappa shape index (κ3) is 3.18. The number of hydrogen-bond acceptors (Lipinski definition) is 4. The first kappa shape index (κ1) is 15.3. The van der Waals surface area contributed by atoms with Crippen molar-refractivity contribution in [1.82, 2.24) is 9.97 Å². The van der Waals surface area contributed by atoms with Crippen molar-refractivity contribution in [1.29, 1.82) is 0 Å². The molecule has 0 unspecified atom stereocenters. The van der Waals surface area contributed by atoms with Crippen LogP contribution in [0.2, 0.25) is 0 Å². The van der Waals surface area contributed by atoms with E-state index in [1.165, 1.54) is 18.4 Å². The highest BCUT2D eigenvalue weighted by Gasteiger charge is 2.24. The lowest BCUT2D eigenvalue weighted by Crippen LogP contribution is -2.36. The minimum atomic E-state index is 0.198. The van der Waals surface area contributed by atoms with Gasteiger partial charge in [0, 0.05) is 25.7 Å². The number of ketones is 1. The van der Waals surface area contributed by atoms with Gasteiger partial charge in [-0.25, -0.2) is 9.97 Å². The van der Waals surface area contributed by atoms with E-state index in [0.717, 1.165) is 55.5 Å². The standard InChI is InChI=1S/C20H23N3O/c24-19-8-4-7-18-17(19)14-21-20(22-18)23-11-9-16(10-12-23)13-15-5-2-1-3-6-15/h1-3,5-6,14,16H,4,7-13H2. The van der Waals surface area contributed by atoms with Crippen molar-refractivity contribution < 1.29 is 4.79 Å². The zero-order valence-corrected chi connectivity index (χ0v) is 13.9. The number of rotatable bonds is 3. The van der Waals surface area contributed by atoms with Crippen molar-refractivity contribution in [2.45, 2.75) is 38.5 Å². The minimum absolute atomic E-state index is 0.198. The number of aromatic nitrogens is 2. The van der Waals surface area contributed by atoms with E-state index >= 15 is 0 Å². The number of piperidine rings is 1. The molecule has 0 amide bonds. The average Bonchev–Trinajstić information content (AvgIpc) is 2.63. The molecule has 124 valence electrons. The van der Waals surface area contributed by atoms with Crippen LogP contribution >= 0.6 is 0 Å². The predicted octanol–water partition coefficient (Wildman–Crippen LogP) is 3.45. The number of aryl methyl sites for hydroxylation is 1. The van der Waals surface area contributed by atoms with Gasteiger partial charge in [0.1, 0.15) is 0 Å². The molecule has 0 radical (unpaired) electrons. The summed E-state index contributed by atoms with van der Waals surface area (Å²) in [5, 5.41) is 0. The van der Waals surface area contributed by atoms with E-state index in [1.54, 1.807) is 6.20 Å². The molecule has 1 fully saturated rings. The fraction of sp³-hybridized carbons (Fsp3) is 0.450. The van der Waals surface area contributed by atoms with Crippen LogP contribution in [0.4, 0.5) is 5.95 Å². The van der Waals surface area contributed by atoms with E-state index in [0.29, 0.717) is 6.42 Å². The summed E-state index contributed by atoms with van der Waals surface area (Å²) in [4.78, 5) is 23.3. The Balaban J connectivity index is 1.40. The summed E-state index contributed by atoms with van der Waals surface area (Å²) in [7, 11) is 0. The van der Waals surface area contributed by atoms with Gasteiger partial charge in [-0.05, 0) is 43.6 Å². The summed E-state index contributed by atoms with van der Waals surface area (Å²) in [5.74, 6) is 1.74. The summed E-state index contributed by atoms with van der Waals surface area (Å²) in [5.41, 5.74) is 3.12. The van der Waals surface area contributed by atoms with Gasteiger partial charge in [0.2, 0.25) is 5.95 Å². The second-order valence-electron chi connectivity index (χ2n) is 6.93. The molecule has 1 saturated heterocycles. The number of nitrogens with zero attached hydrogens (tertiary/aromatic N) is 3. The van der Waals surface area contributed by atoms with Crippen LogP contribution in [0.25, 0.3) is 0 Å². The van der Waals surface area contributed by atoms with Gasteiger partial charge < -0.3 is 4.90 Å². The maximum Gasteiger partial charge on any atom is 0.225 e. The first-order valence-corrected chi connectivity index (χ1v) is 8.97. The highest BCUT2D eigenvalue weighted by molar-refractivity contribution is 5.97. The fourth-order valence-electron chi connectivity index (χ4n) is 3.82. The normalized spacial score (nSPS) is 18.5. The molecule has 0 bridgehead atoms. The Morgan fingerprint density at radius 3 is 2.67 bits per heavy atom. The largest absolute Gasteiger partial charge is 0.341 e. The summed E-state index contributed by atoms with van der Waals surface area (Å²) in [6.07, 6.45) is 7.72. The van der Waals surface area contributed by atoms with Gasteiger partial charge in [0.25, 0.3) is 0 Å². The quantitative estimate of drug-likeness (QED) is 0.868. The Hall–Kier alpha value is -2.23. The van der Waals surface area contributed by atoms with Crippen molar-refractivity contribution in [2.24, 2.45) is 5.92 Å². The molecule has 0 atom stereocenters. The minimum Gasteiger partial charge on any atom is -0.341 e. The molecular formula is C20H23N3O. The van der Waals surface area contributed by atoms with Crippen LogP contribution < -0.4 is 4.90 Å². The molecular weight excluding hydrogens is 298 g/mol. The highest BCUT2D eigenvalue weighted by atomic mass is 16.1. The molecule has 1 aromatic carbocycles.